The van der Waals surface area contributed by atoms with Crippen LogP contribution in [0, 0.1) is 34.3 Å². The van der Waals surface area contributed by atoms with Gasteiger partial charge in [0, 0.05) is 48.6 Å². The van der Waals surface area contributed by atoms with Gasteiger partial charge < -0.3 is 20.3 Å². The van der Waals surface area contributed by atoms with Gasteiger partial charge in [0.15, 0.2) is 5.82 Å². The second kappa shape index (κ2) is 12.5. The molecule has 2 unspecified atom stereocenters. The number of nitrogens with two attached hydrogens (primary N) is 1. The molecule has 3 aromatic heterocycles. The van der Waals surface area contributed by atoms with E-state index in [-0.39, 0.29) is 78.7 Å². The van der Waals surface area contributed by atoms with Crippen LogP contribution < -0.4 is 15.4 Å². The van der Waals surface area contributed by atoms with Crippen molar-refractivity contribution in [3.05, 3.63) is 64.4 Å². The summed E-state index contributed by atoms with van der Waals surface area (Å²) >= 11 is 7.80. The first-order valence-electron chi connectivity index (χ1n) is 17.4. The molecule has 0 spiro atoms. The summed E-state index contributed by atoms with van der Waals surface area (Å²) in [5, 5.41) is 20.0. The van der Waals surface area contributed by atoms with Crippen molar-refractivity contribution in [2.24, 2.45) is 0 Å². The van der Waals surface area contributed by atoms with Crippen molar-refractivity contribution >= 4 is 60.8 Å². The van der Waals surface area contributed by atoms with Gasteiger partial charge in [-0.1, -0.05) is 17.7 Å². The lowest BCUT2D eigenvalue weighted by molar-refractivity contribution is 0.107. The SMILES string of the molecule is N#Cc1c(N)sc2c(F)ccc(-c3c(Cl)cc4c(N5CC6CCC(C5)N6C(=O)n5cccc5C#N)nc(OC[C@@]56CCCN5C[C@H](F)C6)nc4c3F)c12. The molecule has 53 heavy (non-hydrogen) atoms. The van der Waals surface area contributed by atoms with Gasteiger partial charge in [-0.2, -0.15) is 20.5 Å². The summed E-state index contributed by atoms with van der Waals surface area (Å²) in [7, 11) is 0. The van der Waals surface area contributed by atoms with Crippen LogP contribution in [0.15, 0.2) is 36.5 Å². The zero-order valence-corrected chi connectivity index (χ0v) is 29.7. The Morgan fingerprint density at radius 2 is 1.92 bits per heavy atom. The van der Waals surface area contributed by atoms with Gasteiger partial charge in [-0.3, -0.25) is 9.47 Å². The molecule has 4 fully saturated rings. The van der Waals surface area contributed by atoms with Crippen LogP contribution in [0.1, 0.15) is 43.4 Å². The molecule has 0 aliphatic carbocycles. The van der Waals surface area contributed by atoms with Crippen molar-refractivity contribution in [1.29, 1.82) is 10.5 Å². The van der Waals surface area contributed by atoms with Crippen molar-refractivity contribution in [1.82, 2.24) is 24.3 Å². The van der Waals surface area contributed by atoms with Gasteiger partial charge in [0.05, 0.1) is 32.9 Å². The highest BCUT2D eigenvalue weighted by Gasteiger charge is 2.50. The van der Waals surface area contributed by atoms with Crippen LogP contribution >= 0.6 is 22.9 Å². The predicted octanol–water partition coefficient (Wildman–Crippen LogP) is 6.85. The number of alkyl halides is 1. The van der Waals surface area contributed by atoms with Crippen molar-refractivity contribution in [2.75, 3.05) is 43.4 Å². The fourth-order valence-corrected chi connectivity index (χ4v) is 10.3. The number of hydrogen-bond donors (Lipinski definition) is 1. The Kier molecular flexibility index (Phi) is 7.96. The molecule has 11 nitrogen and oxygen atoms in total. The Hall–Kier alpha value is -5.09. The van der Waals surface area contributed by atoms with Crippen LogP contribution in [-0.4, -0.2) is 86.9 Å². The summed E-state index contributed by atoms with van der Waals surface area (Å²) in [6, 6.07) is 10.6. The quantitative estimate of drug-likeness (QED) is 0.204. The summed E-state index contributed by atoms with van der Waals surface area (Å²) in [6.45, 7) is 1.93. The molecule has 2 N–H and O–H groups in total. The highest BCUT2D eigenvalue weighted by molar-refractivity contribution is 7.23. The second-order valence-electron chi connectivity index (χ2n) is 14.2. The molecule has 4 aliphatic heterocycles. The van der Waals surface area contributed by atoms with Gasteiger partial charge in [0.2, 0.25) is 0 Å². The molecular weight excluding hydrogens is 727 g/mol. The van der Waals surface area contributed by atoms with Crippen molar-refractivity contribution in [3.63, 3.8) is 0 Å². The Labute approximate surface area is 310 Å². The summed E-state index contributed by atoms with van der Waals surface area (Å²) in [4.78, 5) is 29.0. The van der Waals surface area contributed by atoms with Crippen molar-refractivity contribution in [3.8, 4) is 29.3 Å². The molecule has 270 valence electrons. The normalized spacial score (nSPS) is 23.8. The Morgan fingerprint density at radius 3 is 2.68 bits per heavy atom. The fraction of sp³-hybridized carbons (Fsp3) is 0.378. The molecule has 16 heteroatoms. The zero-order chi connectivity index (χ0) is 36.8. The van der Waals surface area contributed by atoms with Gasteiger partial charge in [-0.05, 0) is 62.1 Å². The minimum atomic E-state index is -0.976. The third-order valence-electron chi connectivity index (χ3n) is 11.3. The van der Waals surface area contributed by atoms with E-state index in [0.717, 1.165) is 43.6 Å². The predicted molar refractivity (Wildman–Crippen MR) is 194 cm³/mol. The first-order valence-corrected chi connectivity index (χ1v) is 18.6. The largest absolute Gasteiger partial charge is 0.461 e. The molecule has 1 amide bonds. The lowest BCUT2D eigenvalue weighted by Gasteiger charge is -2.41. The third kappa shape index (κ3) is 5.20. The average molecular weight is 758 g/mol. The van der Waals surface area contributed by atoms with E-state index in [1.165, 1.54) is 16.7 Å². The summed E-state index contributed by atoms with van der Waals surface area (Å²) in [6.07, 6.45) is 4.02. The number of piperazine rings is 1. The molecule has 4 aliphatic rings. The second-order valence-corrected chi connectivity index (χ2v) is 15.7. The lowest BCUT2D eigenvalue weighted by atomic mass is 9.95. The summed E-state index contributed by atoms with van der Waals surface area (Å²) < 4.78 is 54.5. The van der Waals surface area contributed by atoms with Crippen LogP contribution in [0.25, 0.3) is 32.1 Å². The maximum atomic E-state index is 17.2. The van der Waals surface area contributed by atoms with Gasteiger partial charge in [-0.25, -0.2) is 18.0 Å². The fourth-order valence-electron chi connectivity index (χ4n) is 9.02. The molecule has 2 bridgehead atoms. The highest BCUT2D eigenvalue weighted by Crippen LogP contribution is 2.47. The highest BCUT2D eigenvalue weighted by atomic mass is 35.5. The summed E-state index contributed by atoms with van der Waals surface area (Å²) in [5.74, 6) is -1.06. The Balaban J connectivity index is 1.16. The molecule has 9 rings (SSSR count). The monoisotopic (exact) mass is 757 g/mol. The average Bonchev–Trinajstić information content (AvgIpc) is 3.95. The third-order valence-corrected chi connectivity index (χ3v) is 12.7. The number of nitriles is 2. The number of benzene rings is 2. The van der Waals surface area contributed by atoms with Crippen LogP contribution in [0.2, 0.25) is 5.02 Å². The van der Waals surface area contributed by atoms with Crippen LogP contribution in [-0.2, 0) is 0 Å². The van der Waals surface area contributed by atoms with Crippen LogP contribution in [0.4, 0.5) is 28.8 Å². The Bertz CT molecular complexity index is 2430. The molecule has 7 heterocycles. The number of ether oxygens (including phenoxy) is 1. The van der Waals surface area contributed by atoms with Crippen LogP contribution in [0.3, 0.4) is 0 Å². The number of amides is 1. The molecule has 2 aromatic carbocycles. The molecule has 0 radical (unpaired) electrons. The number of thiophene rings is 1. The van der Waals surface area contributed by atoms with Gasteiger partial charge in [-0.15, -0.1) is 11.3 Å². The van der Waals surface area contributed by atoms with Gasteiger partial charge in [0.25, 0.3) is 0 Å². The van der Waals surface area contributed by atoms with E-state index in [1.807, 2.05) is 15.9 Å². The van der Waals surface area contributed by atoms with E-state index in [2.05, 4.69) is 16.0 Å². The molecule has 0 saturated carbocycles. The number of fused-ring (bicyclic) bond motifs is 5. The molecular formula is C37H31ClF3N9O2S. The standard InChI is InChI=1S/C37H31ClF3N9O2S/c38-26-11-24-31(30(41)29(26)23-6-7-27(40)32-28(23)25(14-43)33(44)53-32)45-35(52-18-37-8-2-9-48(37)15-19(39)12-37)46-34(24)47-16-21-4-5-22(17-47)50(21)36(51)49-10-1-3-20(49)13-42/h1,3,6-7,10-11,19,21-22H,2,4-5,8-9,12,15-18,44H2/t19-,21?,22?,37+/m1/s1. The zero-order valence-electron chi connectivity index (χ0n) is 28.2. The number of carbonyl (C=O) groups excluding carboxylic acids is 1. The number of carbonyl (C=O) groups is 1. The van der Waals surface area contributed by atoms with E-state index in [9.17, 15) is 24.1 Å². The lowest BCUT2D eigenvalue weighted by Crippen LogP contribution is -2.57. The maximum Gasteiger partial charge on any atom is 0.329 e. The van der Waals surface area contributed by atoms with Gasteiger partial charge >= 0.3 is 12.0 Å². The minimum Gasteiger partial charge on any atom is -0.461 e. The number of aromatic nitrogens is 3. The van der Waals surface area contributed by atoms with E-state index in [4.69, 9.17) is 27.1 Å². The maximum absolute atomic E-state index is 17.2. The van der Waals surface area contributed by atoms with E-state index in [0.29, 0.717) is 37.3 Å². The molecule has 5 aromatic rings. The number of rotatable bonds is 5. The van der Waals surface area contributed by atoms with Gasteiger partial charge in [0.1, 0.15) is 52.8 Å². The van der Waals surface area contributed by atoms with Crippen molar-refractivity contribution in [2.45, 2.75) is 55.9 Å². The number of anilines is 2. The number of nitrogen functional groups attached to an aromatic ring is 1. The Morgan fingerprint density at radius 1 is 1.13 bits per heavy atom. The smallest absolute Gasteiger partial charge is 0.329 e. The minimum absolute atomic E-state index is 0.0102. The molecule has 4 atom stereocenters. The number of hydrogen-bond acceptors (Lipinski definition) is 10. The van der Waals surface area contributed by atoms with Crippen LogP contribution in [0.5, 0.6) is 6.01 Å². The topological polar surface area (TPSA) is 140 Å². The number of nitrogens with zero attached hydrogens (tertiary/aromatic N) is 8. The first kappa shape index (κ1) is 33.7. The van der Waals surface area contributed by atoms with E-state index in [1.54, 1.807) is 24.4 Å². The number of halogens is 4. The van der Waals surface area contributed by atoms with E-state index >= 15 is 4.39 Å². The van der Waals surface area contributed by atoms with Crippen molar-refractivity contribution < 1.29 is 22.7 Å². The first-order chi connectivity index (χ1) is 25.6. The molecule has 4 saturated heterocycles. The summed E-state index contributed by atoms with van der Waals surface area (Å²) in [5.41, 5.74) is 5.84. The van der Waals surface area contributed by atoms with E-state index < -0.39 is 23.3 Å².